The Morgan fingerprint density at radius 2 is 0.869 bits per heavy atom. The zero-order valence-corrected chi connectivity index (χ0v) is 38.2. The summed E-state index contributed by atoms with van der Waals surface area (Å²) in [5.41, 5.74) is 0. The predicted octanol–water partition coefficient (Wildman–Crippen LogP) is 6.52. The van der Waals surface area contributed by atoms with Crippen molar-refractivity contribution in [2.75, 3.05) is 33.0 Å². The SMILES string of the molecule is CCCCCCCCCCCCCCCCCCCCC(=O)OC(COCCCCCCCCCCC)COC1OC(COC2OC(CO)C(O)C(O)C2O)C(O)C(O)C1O. The Hall–Kier alpha value is -1.01. The second kappa shape index (κ2) is 36.2. The summed E-state index contributed by atoms with van der Waals surface area (Å²) >= 11 is 0. The van der Waals surface area contributed by atoms with E-state index in [1.807, 2.05) is 0 Å². The maximum absolute atomic E-state index is 13.0. The Balaban J connectivity index is 1.74. The van der Waals surface area contributed by atoms with Crippen molar-refractivity contribution < 1.29 is 69.0 Å². The van der Waals surface area contributed by atoms with Crippen LogP contribution in [0.5, 0.6) is 0 Å². The molecule has 2 fully saturated rings. The van der Waals surface area contributed by atoms with Crippen LogP contribution in [0.1, 0.15) is 194 Å². The number of esters is 1. The first-order valence-electron chi connectivity index (χ1n) is 24.6. The van der Waals surface area contributed by atoms with Crippen molar-refractivity contribution in [3.8, 4) is 0 Å². The van der Waals surface area contributed by atoms with Crippen LogP contribution in [-0.4, -0.2) is 142 Å². The minimum Gasteiger partial charge on any atom is -0.457 e. The maximum Gasteiger partial charge on any atom is 0.306 e. The molecule has 14 nitrogen and oxygen atoms in total. The van der Waals surface area contributed by atoms with Gasteiger partial charge in [0.2, 0.25) is 0 Å². The first-order valence-corrected chi connectivity index (χ1v) is 24.6. The minimum atomic E-state index is -1.70. The Morgan fingerprint density at radius 3 is 1.33 bits per heavy atom. The highest BCUT2D eigenvalue weighted by Gasteiger charge is 2.47. The van der Waals surface area contributed by atoms with E-state index in [0.29, 0.717) is 6.61 Å². The third-order valence-corrected chi connectivity index (χ3v) is 12.1. The molecule has 61 heavy (non-hydrogen) atoms. The van der Waals surface area contributed by atoms with Gasteiger partial charge in [0.1, 0.15) is 54.9 Å². The van der Waals surface area contributed by atoms with Gasteiger partial charge in [0.25, 0.3) is 0 Å². The Kier molecular flexibility index (Phi) is 33.3. The van der Waals surface area contributed by atoms with Gasteiger partial charge in [-0.05, 0) is 12.8 Å². The normalized spacial score (nSPS) is 27.4. The van der Waals surface area contributed by atoms with Crippen LogP contribution >= 0.6 is 0 Å². The van der Waals surface area contributed by atoms with Gasteiger partial charge in [-0.2, -0.15) is 0 Å². The van der Waals surface area contributed by atoms with Crippen molar-refractivity contribution in [1.82, 2.24) is 0 Å². The second-order valence-electron chi connectivity index (χ2n) is 17.7. The summed E-state index contributed by atoms with van der Waals surface area (Å²) < 4.78 is 34.2. The minimum absolute atomic E-state index is 0.0690. The van der Waals surface area contributed by atoms with Crippen LogP contribution in [-0.2, 0) is 33.2 Å². The van der Waals surface area contributed by atoms with Crippen LogP contribution in [0.3, 0.4) is 0 Å². The molecule has 11 atom stereocenters. The van der Waals surface area contributed by atoms with Crippen LogP contribution in [0.15, 0.2) is 0 Å². The average Bonchev–Trinajstić information content (AvgIpc) is 3.25. The molecule has 2 rings (SSSR count). The highest BCUT2D eigenvalue weighted by molar-refractivity contribution is 5.69. The highest BCUT2D eigenvalue weighted by Crippen LogP contribution is 2.26. The fraction of sp³-hybridized carbons (Fsp3) is 0.979. The fourth-order valence-electron chi connectivity index (χ4n) is 8.05. The Labute approximate surface area is 368 Å². The zero-order valence-electron chi connectivity index (χ0n) is 38.2. The summed E-state index contributed by atoms with van der Waals surface area (Å²) in [6, 6.07) is 0. The lowest BCUT2D eigenvalue weighted by atomic mass is 9.98. The molecule has 0 aromatic heterocycles. The number of aliphatic hydroxyl groups is 7. The third-order valence-electron chi connectivity index (χ3n) is 12.1. The molecule has 2 heterocycles. The lowest BCUT2D eigenvalue weighted by molar-refractivity contribution is -0.332. The van der Waals surface area contributed by atoms with Crippen LogP contribution in [0.25, 0.3) is 0 Å². The lowest BCUT2D eigenvalue weighted by Gasteiger charge is -2.42. The van der Waals surface area contributed by atoms with Crippen LogP contribution in [0, 0.1) is 0 Å². The number of carbonyl (C=O) groups is 1. The molecule has 0 aliphatic carbocycles. The van der Waals surface area contributed by atoms with Crippen molar-refractivity contribution in [2.24, 2.45) is 0 Å². The van der Waals surface area contributed by atoms with Gasteiger partial charge in [0.05, 0.1) is 26.4 Å². The molecule has 0 radical (unpaired) electrons. The molecule has 2 saturated heterocycles. The van der Waals surface area contributed by atoms with Crippen molar-refractivity contribution in [3.63, 3.8) is 0 Å². The van der Waals surface area contributed by atoms with E-state index in [1.165, 1.54) is 128 Å². The van der Waals surface area contributed by atoms with Gasteiger partial charge in [-0.3, -0.25) is 4.79 Å². The summed E-state index contributed by atoms with van der Waals surface area (Å²) in [7, 11) is 0. The smallest absolute Gasteiger partial charge is 0.306 e. The summed E-state index contributed by atoms with van der Waals surface area (Å²) in [5, 5.41) is 71.9. The maximum atomic E-state index is 13.0. The van der Waals surface area contributed by atoms with E-state index in [0.717, 1.165) is 44.9 Å². The molecule has 2 aliphatic rings. The molecule has 11 unspecified atom stereocenters. The largest absolute Gasteiger partial charge is 0.457 e. The van der Waals surface area contributed by atoms with Crippen molar-refractivity contribution in [3.05, 3.63) is 0 Å². The van der Waals surface area contributed by atoms with Crippen LogP contribution in [0.4, 0.5) is 0 Å². The molecule has 0 amide bonds. The molecule has 7 N–H and O–H groups in total. The number of ether oxygens (including phenoxy) is 6. The second-order valence-corrected chi connectivity index (χ2v) is 17.7. The van der Waals surface area contributed by atoms with E-state index in [-0.39, 0.29) is 25.6 Å². The fourth-order valence-corrected chi connectivity index (χ4v) is 8.05. The number of aliphatic hydroxyl groups excluding tert-OH is 7. The summed E-state index contributed by atoms with van der Waals surface area (Å²) in [5.74, 6) is -0.372. The highest BCUT2D eigenvalue weighted by atomic mass is 16.7. The van der Waals surface area contributed by atoms with Crippen molar-refractivity contribution in [2.45, 2.75) is 261 Å². The Morgan fingerprint density at radius 1 is 0.475 bits per heavy atom. The molecule has 362 valence electrons. The molecule has 0 spiro atoms. The average molecular weight is 879 g/mol. The number of carbonyl (C=O) groups excluding carboxylic acids is 1. The molecular weight excluding hydrogens is 789 g/mol. The van der Waals surface area contributed by atoms with E-state index in [9.17, 15) is 40.5 Å². The molecule has 0 bridgehead atoms. The van der Waals surface area contributed by atoms with Gasteiger partial charge in [0, 0.05) is 13.0 Å². The van der Waals surface area contributed by atoms with Gasteiger partial charge in [-0.15, -0.1) is 0 Å². The van der Waals surface area contributed by atoms with Gasteiger partial charge >= 0.3 is 5.97 Å². The molecule has 0 aromatic rings. The monoisotopic (exact) mass is 879 g/mol. The quantitative estimate of drug-likeness (QED) is 0.0259. The number of unbranched alkanes of at least 4 members (excludes halogenated alkanes) is 25. The van der Waals surface area contributed by atoms with E-state index in [2.05, 4.69) is 13.8 Å². The van der Waals surface area contributed by atoms with Crippen LogP contribution < -0.4 is 0 Å². The van der Waals surface area contributed by atoms with E-state index < -0.39 is 80.7 Å². The van der Waals surface area contributed by atoms with Gasteiger partial charge in [-0.1, -0.05) is 174 Å². The summed E-state index contributed by atoms with van der Waals surface area (Å²) in [6.45, 7) is 3.70. The van der Waals surface area contributed by atoms with Crippen LogP contribution in [0.2, 0.25) is 0 Å². The van der Waals surface area contributed by atoms with Gasteiger partial charge < -0.3 is 64.2 Å². The molecule has 14 heteroatoms. The topological polar surface area (TPSA) is 214 Å². The molecule has 2 aliphatic heterocycles. The van der Waals surface area contributed by atoms with E-state index in [1.54, 1.807) is 0 Å². The molecular formula is C47H90O14. The zero-order chi connectivity index (χ0) is 44.5. The predicted molar refractivity (Wildman–Crippen MR) is 234 cm³/mol. The van der Waals surface area contributed by atoms with E-state index in [4.69, 9.17) is 28.4 Å². The standard InChI is InChI=1S/C47H90O14/c1-3-5-7-9-11-13-14-15-16-17-18-19-20-21-22-24-26-28-30-39(49)59-36(33-56-31-29-27-25-23-12-10-8-6-4-2)34-57-46-45(55)43(53)41(51)38(61-46)35-58-47-44(54)42(52)40(50)37(32-48)60-47/h36-38,40-48,50-55H,3-35H2,1-2H3. The first kappa shape index (κ1) is 56.1. The molecule has 0 aromatic carbocycles. The molecule has 0 saturated carbocycles. The van der Waals surface area contributed by atoms with Gasteiger partial charge in [0.15, 0.2) is 12.6 Å². The number of rotatable bonds is 39. The summed E-state index contributed by atoms with van der Waals surface area (Å²) in [6.07, 6.45) is 17.5. The Bertz CT molecular complexity index is 1020. The third kappa shape index (κ3) is 24.7. The lowest BCUT2D eigenvalue weighted by Crippen LogP contribution is -2.61. The summed E-state index contributed by atoms with van der Waals surface area (Å²) in [4.78, 5) is 13.0. The number of hydrogen-bond acceptors (Lipinski definition) is 14. The van der Waals surface area contributed by atoms with E-state index >= 15 is 0 Å². The first-order chi connectivity index (χ1) is 29.6. The van der Waals surface area contributed by atoms with Gasteiger partial charge in [-0.25, -0.2) is 0 Å². The van der Waals surface area contributed by atoms with Crippen molar-refractivity contribution >= 4 is 5.97 Å². The number of hydrogen-bond donors (Lipinski definition) is 7. The van der Waals surface area contributed by atoms with Crippen molar-refractivity contribution in [1.29, 1.82) is 0 Å².